The Bertz CT molecular complexity index is 363. The molecule has 0 aromatic rings. The molecule has 0 unspecified atom stereocenters. The molecule has 2 heterocycles. The minimum Gasteiger partial charge on any atom is -0.366 e. The summed E-state index contributed by atoms with van der Waals surface area (Å²) >= 11 is 0. The van der Waals surface area contributed by atoms with E-state index in [0.717, 1.165) is 5.70 Å². The van der Waals surface area contributed by atoms with Crippen LogP contribution in [0.1, 0.15) is 0 Å². The van der Waals surface area contributed by atoms with Crippen LogP contribution >= 0.6 is 0 Å². The number of rotatable bonds is 1. The Hall–Kier alpha value is -1.84. The lowest BCUT2D eigenvalue weighted by Crippen LogP contribution is -2.26. The SMILES string of the molecule is NC(=O)C1=CN2CC=NC=C2C=C1. The zero-order valence-electron chi connectivity index (χ0n) is 6.97. The molecule has 4 heteroatoms. The molecule has 2 aliphatic heterocycles. The van der Waals surface area contributed by atoms with Gasteiger partial charge in [-0.15, -0.1) is 0 Å². The van der Waals surface area contributed by atoms with Gasteiger partial charge in [-0.25, -0.2) is 0 Å². The Morgan fingerprint density at radius 2 is 2.38 bits per heavy atom. The van der Waals surface area contributed by atoms with E-state index in [4.69, 9.17) is 5.73 Å². The maximum atomic E-state index is 10.9. The van der Waals surface area contributed by atoms with Gasteiger partial charge in [-0.05, 0) is 12.2 Å². The third kappa shape index (κ3) is 1.38. The lowest BCUT2D eigenvalue weighted by Gasteiger charge is -2.24. The second kappa shape index (κ2) is 2.90. The Morgan fingerprint density at radius 1 is 1.54 bits per heavy atom. The summed E-state index contributed by atoms with van der Waals surface area (Å²) in [4.78, 5) is 16.8. The summed E-state index contributed by atoms with van der Waals surface area (Å²) in [6.07, 6.45) is 8.79. The molecular formula is C9H9N3O. The van der Waals surface area contributed by atoms with Gasteiger partial charge in [-0.2, -0.15) is 0 Å². The lowest BCUT2D eigenvalue weighted by molar-refractivity contribution is -0.114. The number of primary amides is 1. The second-order valence-electron chi connectivity index (χ2n) is 2.82. The Morgan fingerprint density at radius 3 is 3.15 bits per heavy atom. The van der Waals surface area contributed by atoms with Gasteiger partial charge in [-0.3, -0.25) is 9.79 Å². The fourth-order valence-electron chi connectivity index (χ4n) is 1.24. The predicted octanol–water partition coefficient (Wildman–Crippen LogP) is 0.153. The first kappa shape index (κ1) is 7.79. The molecule has 0 spiro atoms. The van der Waals surface area contributed by atoms with Crippen LogP contribution in [0.4, 0.5) is 0 Å². The van der Waals surface area contributed by atoms with E-state index < -0.39 is 5.91 Å². The fourth-order valence-corrected chi connectivity index (χ4v) is 1.24. The van der Waals surface area contributed by atoms with Crippen LogP contribution in [0, 0.1) is 0 Å². The molecule has 1 amide bonds. The van der Waals surface area contributed by atoms with Crippen molar-refractivity contribution in [3.8, 4) is 0 Å². The maximum absolute atomic E-state index is 10.9. The van der Waals surface area contributed by atoms with Gasteiger partial charge in [0.2, 0.25) is 5.91 Å². The molecule has 0 bridgehead atoms. The van der Waals surface area contributed by atoms with Crippen LogP contribution in [0.15, 0.2) is 40.8 Å². The van der Waals surface area contributed by atoms with Crippen molar-refractivity contribution in [1.82, 2.24) is 4.90 Å². The average molecular weight is 175 g/mol. The quantitative estimate of drug-likeness (QED) is 0.616. The van der Waals surface area contributed by atoms with E-state index in [1.165, 1.54) is 0 Å². The minimum absolute atomic E-state index is 0.405. The number of carbonyl (C=O) groups is 1. The number of nitrogens with zero attached hydrogens (tertiary/aromatic N) is 2. The number of hydrogen-bond donors (Lipinski definition) is 1. The summed E-state index contributed by atoms with van der Waals surface area (Å²) < 4.78 is 0. The van der Waals surface area contributed by atoms with Crippen molar-refractivity contribution in [3.63, 3.8) is 0 Å². The predicted molar refractivity (Wildman–Crippen MR) is 49.7 cm³/mol. The lowest BCUT2D eigenvalue weighted by atomic mass is 10.1. The van der Waals surface area contributed by atoms with Crippen molar-refractivity contribution in [2.24, 2.45) is 10.7 Å². The Kier molecular flexibility index (Phi) is 1.73. The fraction of sp³-hybridized carbons (Fsp3) is 0.111. The first-order chi connectivity index (χ1) is 6.27. The van der Waals surface area contributed by atoms with Crippen LogP contribution in [0.2, 0.25) is 0 Å². The molecule has 2 N–H and O–H groups in total. The van der Waals surface area contributed by atoms with Crippen molar-refractivity contribution < 1.29 is 4.79 Å². The van der Waals surface area contributed by atoms with Crippen LogP contribution in [0.5, 0.6) is 0 Å². The van der Waals surface area contributed by atoms with Gasteiger partial charge in [0.15, 0.2) is 0 Å². The molecule has 0 aliphatic carbocycles. The zero-order chi connectivity index (χ0) is 9.26. The number of hydrogen-bond acceptors (Lipinski definition) is 3. The maximum Gasteiger partial charge on any atom is 0.250 e. The number of nitrogens with two attached hydrogens (primary N) is 1. The van der Waals surface area contributed by atoms with Crippen LogP contribution in [0.3, 0.4) is 0 Å². The third-order valence-corrected chi connectivity index (χ3v) is 1.94. The van der Waals surface area contributed by atoms with Crippen molar-refractivity contribution >= 4 is 12.1 Å². The van der Waals surface area contributed by atoms with E-state index in [9.17, 15) is 4.79 Å². The number of amides is 1. The number of carbonyl (C=O) groups excluding carboxylic acids is 1. The van der Waals surface area contributed by atoms with Crippen molar-refractivity contribution in [1.29, 1.82) is 0 Å². The van der Waals surface area contributed by atoms with E-state index in [2.05, 4.69) is 4.99 Å². The van der Waals surface area contributed by atoms with Gasteiger partial charge in [0.05, 0.1) is 24.0 Å². The van der Waals surface area contributed by atoms with Crippen LogP contribution < -0.4 is 5.73 Å². The van der Waals surface area contributed by atoms with Crippen molar-refractivity contribution in [3.05, 3.63) is 35.8 Å². The molecule has 66 valence electrons. The highest BCUT2D eigenvalue weighted by atomic mass is 16.1. The molecule has 2 rings (SSSR count). The molecule has 0 radical (unpaired) electrons. The van der Waals surface area contributed by atoms with E-state index in [0.29, 0.717) is 12.1 Å². The van der Waals surface area contributed by atoms with Crippen LogP contribution in [-0.2, 0) is 4.79 Å². The molecule has 2 aliphatic rings. The summed E-state index contributed by atoms with van der Waals surface area (Å²) in [5.74, 6) is -0.405. The van der Waals surface area contributed by atoms with E-state index in [1.807, 2.05) is 11.0 Å². The van der Waals surface area contributed by atoms with Gasteiger partial charge >= 0.3 is 0 Å². The Balaban J connectivity index is 2.30. The highest BCUT2D eigenvalue weighted by Crippen LogP contribution is 2.17. The summed E-state index contributed by atoms with van der Waals surface area (Å²) in [5.41, 5.74) is 6.65. The molecule has 0 aromatic carbocycles. The summed E-state index contributed by atoms with van der Waals surface area (Å²) in [6.45, 7) is 0.687. The number of allylic oxidation sites excluding steroid dienone is 1. The van der Waals surface area contributed by atoms with Crippen molar-refractivity contribution in [2.45, 2.75) is 0 Å². The van der Waals surface area contributed by atoms with Gasteiger partial charge < -0.3 is 10.6 Å². The Labute approximate surface area is 75.7 Å². The number of fused-ring (bicyclic) bond motifs is 1. The normalized spacial score (nSPS) is 19.2. The first-order valence-electron chi connectivity index (χ1n) is 3.95. The minimum atomic E-state index is -0.405. The molecule has 4 nitrogen and oxygen atoms in total. The van der Waals surface area contributed by atoms with Crippen molar-refractivity contribution in [2.75, 3.05) is 6.54 Å². The second-order valence-corrected chi connectivity index (χ2v) is 2.82. The topological polar surface area (TPSA) is 58.7 Å². The molecule has 13 heavy (non-hydrogen) atoms. The zero-order valence-corrected chi connectivity index (χ0v) is 6.97. The molecule has 0 saturated carbocycles. The van der Waals surface area contributed by atoms with E-state index in [-0.39, 0.29) is 0 Å². The highest BCUT2D eigenvalue weighted by molar-refractivity contribution is 5.95. The van der Waals surface area contributed by atoms with E-state index >= 15 is 0 Å². The van der Waals surface area contributed by atoms with Crippen LogP contribution in [-0.4, -0.2) is 23.6 Å². The molecule has 0 saturated heterocycles. The number of aliphatic imine (C=N–C) groups is 1. The largest absolute Gasteiger partial charge is 0.366 e. The molecule has 0 atom stereocenters. The highest BCUT2D eigenvalue weighted by Gasteiger charge is 2.13. The van der Waals surface area contributed by atoms with Gasteiger partial charge in [0.1, 0.15) is 0 Å². The standard InChI is InChI=1S/C9H9N3O/c10-9(13)7-1-2-8-5-11-3-4-12(8)6-7/h1-3,5-6H,4H2,(H2,10,13). The molecule has 0 fully saturated rings. The smallest absolute Gasteiger partial charge is 0.250 e. The van der Waals surface area contributed by atoms with E-state index in [1.54, 1.807) is 24.7 Å². The first-order valence-corrected chi connectivity index (χ1v) is 3.95. The third-order valence-electron chi connectivity index (χ3n) is 1.94. The summed E-state index contributed by atoms with van der Waals surface area (Å²) in [5, 5.41) is 0. The van der Waals surface area contributed by atoms with Crippen LogP contribution in [0.25, 0.3) is 0 Å². The van der Waals surface area contributed by atoms with Gasteiger partial charge in [-0.1, -0.05) is 0 Å². The average Bonchev–Trinajstić information content (AvgIpc) is 2.17. The molecule has 0 aromatic heterocycles. The monoisotopic (exact) mass is 175 g/mol. The summed E-state index contributed by atoms with van der Waals surface area (Å²) in [6, 6.07) is 0. The van der Waals surface area contributed by atoms with Gasteiger partial charge in [0.25, 0.3) is 0 Å². The molecular weight excluding hydrogens is 166 g/mol. The summed E-state index contributed by atoms with van der Waals surface area (Å²) in [7, 11) is 0. The van der Waals surface area contributed by atoms with Gasteiger partial charge in [0, 0.05) is 12.4 Å².